The normalized spacial score (nSPS) is 12.2. The zero-order valence-electron chi connectivity index (χ0n) is 14.1. The fraction of sp³-hybridized carbons (Fsp3) is 0.158. The van der Waals surface area contributed by atoms with Crippen molar-refractivity contribution in [3.63, 3.8) is 0 Å². The molecule has 0 bridgehead atoms. The maximum absolute atomic E-state index is 13.3. The number of aromatic amines is 1. The van der Waals surface area contributed by atoms with Gasteiger partial charge in [-0.15, -0.1) is 0 Å². The van der Waals surface area contributed by atoms with Gasteiger partial charge in [-0.3, -0.25) is 9.78 Å². The molecular weight excluding hydrogens is 379 g/mol. The van der Waals surface area contributed by atoms with Gasteiger partial charge in [0, 0.05) is 40.3 Å². The minimum atomic E-state index is -4.40. The first-order valence-electron chi connectivity index (χ1n) is 8.08. The van der Waals surface area contributed by atoms with Crippen LogP contribution >= 0.6 is 11.6 Å². The van der Waals surface area contributed by atoms with E-state index in [0.717, 1.165) is 0 Å². The molecule has 4 rings (SSSR count). The molecule has 27 heavy (non-hydrogen) atoms. The van der Waals surface area contributed by atoms with E-state index < -0.39 is 12.7 Å². The van der Waals surface area contributed by atoms with Crippen LogP contribution in [-0.2, 0) is 6.54 Å². The third-order valence-electron chi connectivity index (χ3n) is 4.52. The molecule has 0 amide bonds. The molecule has 4 nitrogen and oxygen atoms in total. The number of pyridine rings is 2. The predicted octanol–water partition coefficient (Wildman–Crippen LogP) is 5.07. The Balaban J connectivity index is 2.18. The van der Waals surface area contributed by atoms with Crippen LogP contribution in [0, 0.1) is 6.92 Å². The number of halogens is 4. The number of nitrogens with zero attached hydrogens (tertiary/aromatic N) is 2. The first-order valence-corrected chi connectivity index (χ1v) is 8.45. The number of hydrogen-bond donors (Lipinski definition) is 1. The van der Waals surface area contributed by atoms with Gasteiger partial charge in [0.05, 0.1) is 16.2 Å². The molecule has 0 saturated heterocycles. The van der Waals surface area contributed by atoms with Crippen LogP contribution < -0.4 is 5.56 Å². The Hall–Kier alpha value is -2.80. The Morgan fingerprint density at radius 2 is 1.85 bits per heavy atom. The number of fused-ring (bicyclic) bond motifs is 3. The van der Waals surface area contributed by atoms with E-state index in [2.05, 4.69) is 9.97 Å². The highest BCUT2D eigenvalue weighted by atomic mass is 35.5. The number of benzene rings is 1. The summed E-state index contributed by atoms with van der Waals surface area (Å²) < 4.78 is 41.2. The molecule has 0 atom stereocenters. The molecule has 8 heteroatoms. The molecule has 3 aromatic heterocycles. The summed E-state index contributed by atoms with van der Waals surface area (Å²) in [6.45, 7) is 0.618. The van der Waals surface area contributed by atoms with Crippen molar-refractivity contribution in [2.24, 2.45) is 0 Å². The van der Waals surface area contributed by atoms with Crippen molar-refractivity contribution in [1.82, 2.24) is 14.5 Å². The predicted molar refractivity (Wildman–Crippen MR) is 99.1 cm³/mol. The van der Waals surface area contributed by atoms with Gasteiger partial charge in [0.15, 0.2) is 0 Å². The molecule has 0 saturated carbocycles. The van der Waals surface area contributed by atoms with Crippen molar-refractivity contribution in [2.75, 3.05) is 0 Å². The topological polar surface area (TPSA) is 50.7 Å². The quantitative estimate of drug-likeness (QED) is 0.518. The van der Waals surface area contributed by atoms with Gasteiger partial charge in [-0.05, 0) is 36.8 Å². The molecule has 138 valence electrons. The van der Waals surface area contributed by atoms with E-state index in [-0.39, 0.29) is 10.6 Å². The molecule has 4 aromatic rings. The summed E-state index contributed by atoms with van der Waals surface area (Å²) in [5, 5.41) is 1.32. The van der Waals surface area contributed by atoms with E-state index in [1.165, 1.54) is 23.0 Å². The molecule has 0 aliphatic carbocycles. The zero-order chi connectivity index (χ0) is 19.3. The van der Waals surface area contributed by atoms with Crippen LogP contribution in [0.4, 0.5) is 13.2 Å². The van der Waals surface area contributed by atoms with Gasteiger partial charge in [0.2, 0.25) is 5.56 Å². The van der Waals surface area contributed by atoms with Crippen LogP contribution in [0.1, 0.15) is 5.56 Å². The summed E-state index contributed by atoms with van der Waals surface area (Å²) in [4.78, 5) is 18.3. The van der Waals surface area contributed by atoms with E-state index in [9.17, 15) is 18.0 Å². The maximum atomic E-state index is 13.3. The molecule has 0 aliphatic heterocycles. The third-order valence-corrected chi connectivity index (χ3v) is 4.82. The Labute approximate surface area is 156 Å². The second kappa shape index (κ2) is 6.13. The van der Waals surface area contributed by atoms with Crippen molar-refractivity contribution in [3.8, 4) is 11.3 Å². The van der Waals surface area contributed by atoms with E-state index >= 15 is 0 Å². The standard InChI is InChI=1S/C19H13ClF3N3O/c1-10-16-14(3-2-13-17(16)12(20)8-15(27)25-13)26(9-19(21,22)23)18(10)11-4-6-24-7-5-11/h2-8H,9H2,1H3,(H,25,27). The van der Waals surface area contributed by atoms with E-state index in [0.29, 0.717) is 38.6 Å². The number of hydrogen-bond acceptors (Lipinski definition) is 2. The summed E-state index contributed by atoms with van der Waals surface area (Å²) >= 11 is 6.29. The second-order valence-corrected chi connectivity index (χ2v) is 6.68. The molecule has 0 unspecified atom stereocenters. The lowest BCUT2D eigenvalue weighted by molar-refractivity contribution is -0.139. The highest BCUT2D eigenvalue weighted by Gasteiger charge is 2.31. The van der Waals surface area contributed by atoms with E-state index in [1.54, 1.807) is 31.2 Å². The Morgan fingerprint density at radius 1 is 1.15 bits per heavy atom. The number of aromatic nitrogens is 3. The number of nitrogens with one attached hydrogen (secondary N) is 1. The fourth-order valence-corrected chi connectivity index (χ4v) is 3.87. The molecule has 1 N–H and O–H groups in total. The van der Waals surface area contributed by atoms with Crippen molar-refractivity contribution in [1.29, 1.82) is 0 Å². The van der Waals surface area contributed by atoms with Crippen LogP contribution in [0.5, 0.6) is 0 Å². The Morgan fingerprint density at radius 3 is 2.52 bits per heavy atom. The largest absolute Gasteiger partial charge is 0.406 e. The lowest BCUT2D eigenvalue weighted by atomic mass is 10.0. The first kappa shape index (κ1) is 17.6. The number of H-pyrrole nitrogens is 1. The lowest BCUT2D eigenvalue weighted by Crippen LogP contribution is -2.18. The Kier molecular flexibility index (Phi) is 3.99. The Bertz CT molecular complexity index is 1230. The van der Waals surface area contributed by atoms with Gasteiger partial charge in [-0.2, -0.15) is 13.2 Å². The van der Waals surface area contributed by atoms with Crippen LogP contribution in [0.2, 0.25) is 5.02 Å². The lowest BCUT2D eigenvalue weighted by Gasteiger charge is -2.14. The van der Waals surface area contributed by atoms with Gasteiger partial charge in [-0.1, -0.05) is 11.6 Å². The van der Waals surface area contributed by atoms with Gasteiger partial charge < -0.3 is 9.55 Å². The van der Waals surface area contributed by atoms with Gasteiger partial charge in [0.1, 0.15) is 6.54 Å². The van der Waals surface area contributed by atoms with Crippen LogP contribution in [0.3, 0.4) is 0 Å². The minimum absolute atomic E-state index is 0.202. The smallest absolute Gasteiger partial charge is 0.331 e. The van der Waals surface area contributed by atoms with Crippen molar-refractivity contribution < 1.29 is 13.2 Å². The molecule has 0 aliphatic rings. The average molecular weight is 392 g/mol. The van der Waals surface area contributed by atoms with Crippen molar-refractivity contribution in [2.45, 2.75) is 19.6 Å². The highest BCUT2D eigenvalue weighted by Crippen LogP contribution is 2.40. The molecule has 0 radical (unpaired) electrons. The summed E-state index contributed by atoms with van der Waals surface area (Å²) in [7, 11) is 0. The number of aryl methyl sites for hydroxylation is 1. The van der Waals surface area contributed by atoms with Crippen LogP contribution in [-0.4, -0.2) is 20.7 Å². The SMILES string of the molecule is Cc1c(-c2ccncc2)n(CC(F)(F)F)c2ccc3[nH]c(=O)cc(Cl)c3c12. The first-order chi connectivity index (χ1) is 12.8. The van der Waals surface area contributed by atoms with Crippen LogP contribution in [0.15, 0.2) is 47.5 Å². The molecular formula is C19H13ClF3N3O. The molecule has 1 aromatic carbocycles. The molecule has 0 fully saturated rings. The van der Waals surface area contributed by atoms with Gasteiger partial charge in [0.25, 0.3) is 0 Å². The summed E-state index contributed by atoms with van der Waals surface area (Å²) in [6.07, 6.45) is -1.33. The number of alkyl halides is 3. The zero-order valence-corrected chi connectivity index (χ0v) is 14.8. The minimum Gasteiger partial charge on any atom is -0.331 e. The van der Waals surface area contributed by atoms with Gasteiger partial charge in [-0.25, -0.2) is 0 Å². The second-order valence-electron chi connectivity index (χ2n) is 6.27. The molecule has 0 spiro atoms. The fourth-order valence-electron chi connectivity index (χ4n) is 3.57. The van der Waals surface area contributed by atoms with E-state index in [1.807, 2.05) is 0 Å². The summed E-state index contributed by atoms with van der Waals surface area (Å²) in [5.41, 5.74) is 2.23. The highest BCUT2D eigenvalue weighted by molar-refractivity contribution is 6.37. The van der Waals surface area contributed by atoms with E-state index in [4.69, 9.17) is 11.6 Å². The third kappa shape index (κ3) is 2.98. The monoisotopic (exact) mass is 391 g/mol. The summed E-state index contributed by atoms with van der Waals surface area (Å²) in [6, 6.07) is 7.72. The van der Waals surface area contributed by atoms with Crippen molar-refractivity contribution in [3.05, 3.63) is 63.7 Å². The van der Waals surface area contributed by atoms with Crippen molar-refractivity contribution >= 4 is 33.4 Å². The van der Waals surface area contributed by atoms with Crippen LogP contribution in [0.25, 0.3) is 33.1 Å². The van der Waals surface area contributed by atoms with Gasteiger partial charge >= 0.3 is 6.18 Å². The maximum Gasteiger partial charge on any atom is 0.406 e. The summed E-state index contributed by atoms with van der Waals surface area (Å²) in [5.74, 6) is 0. The molecule has 3 heterocycles. The number of rotatable bonds is 2. The average Bonchev–Trinajstić information content (AvgIpc) is 2.85.